The van der Waals surface area contributed by atoms with Gasteiger partial charge in [0.2, 0.25) is 0 Å². The molecule has 1 aromatic heterocycles. The lowest BCUT2D eigenvalue weighted by Crippen LogP contribution is -2.42. The summed E-state index contributed by atoms with van der Waals surface area (Å²) < 4.78 is 13.0. The Morgan fingerprint density at radius 2 is 2.22 bits per heavy atom. The average Bonchev–Trinajstić information content (AvgIpc) is 3.05. The summed E-state index contributed by atoms with van der Waals surface area (Å²) in [7, 11) is 1.94. The van der Waals surface area contributed by atoms with E-state index in [0.717, 1.165) is 38.0 Å². The Morgan fingerprint density at radius 1 is 1.43 bits per heavy atom. The van der Waals surface area contributed by atoms with Crippen molar-refractivity contribution in [2.75, 3.05) is 26.7 Å². The molecule has 5 nitrogen and oxygen atoms in total. The fraction of sp³-hybridized carbons (Fsp3) is 0.412. The van der Waals surface area contributed by atoms with Crippen LogP contribution in [0.2, 0.25) is 0 Å². The van der Waals surface area contributed by atoms with Crippen LogP contribution < -0.4 is 5.32 Å². The number of aromatic amines is 1. The average molecular weight is 316 g/mol. The predicted molar refractivity (Wildman–Crippen MR) is 86.5 cm³/mol. The molecule has 1 unspecified atom stereocenters. The Kier molecular flexibility index (Phi) is 4.71. The third kappa shape index (κ3) is 3.59. The summed E-state index contributed by atoms with van der Waals surface area (Å²) in [5.41, 5.74) is 1.92. The second-order valence-electron chi connectivity index (χ2n) is 5.99. The van der Waals surface area contributed by atoms with Crippen molar-refractivity contribution in [3.05, 3.63) is 41.8 Å². The van der Waals surface area contributed by atoms with Crippen molar-refractivity contribution in [2.24, 2.45) is 5.92 Å². The molecule has 0 bridgehead atoms. The van der Waals surface area contributed by atoms with Crippen LogP contribution in [0.15, 0.2) is 30.3 Å². The van der Waals surface area contributed by atoms with E-state index in [9.17, 15) is 9.18 Å². The zero-order valence-electron chi connectivity index (χ0n) is 13.2. The van der Waals surface area contributed by atoms with E-state index in [1.807, 2.05) is 11.9 Å². The standard InChI is InChI=1S/C17H21FN4O/c1-19-10-12-3-2-8-22(11-12)17(23)16-9-15(20-21-16)13-4-6-14(18)7-5-13/h4-7,9,12,19H,2-3,8,10-11H2,1H3,(H,20,21). The fourth-order valence-electron chi connectivity index (χ4n) is 3.07. The topological polar surface area (TPSA) is 61.0 Å². The van der Waals surface area contributed by atoms with Crippen LogP contribution in [0.4, 0.5) is 4.39 Å². The molecule has 1 aliphatic heterocycles. The van der Waals surface area contributed by atoms with Crippen molar-refractivity contribution in [3.63, 3.8) is 0 Å². The maximum atomic E-state index is 13.0. The van der Waals surface area contributed by atoms with Gasteiger partial charge in [0, 0.05) is 18.7 Å². The summed E-state index contributed by atoms with van der Waals surface area (Å²) in [6, 6.07) is 7.82. The molecule has 3 rings (SSSR count). The van der Waals surface area contributed by atoms with E-state index in [1.165, 1.54) is 12.1 Å². The van der Waals surface area contributed by atoms with Gasteiger partial charge >= 0.3 is 0 Å². The molecule has 2 heterocycles. The minimum Gasteiger partial charge on any atom is -0.337 e. The van der Waals surface area contributed by atoms with Gasteiger partial charge in [0.15, 0.2) is 0 Å². The predicted octanol–water partition coefficient (Wildman–Crippen LogP) is 2.29. The van der Waals surface area contributed by atoms with Gasteiger partial charge in [0.1, 0.15) is 11.5 Å². The SMILES string of the molecule is CNCC1CCCN(C(=O)c2cc(-c3ccc(F)cc3)n[nH]2)C1. The van der Waals surface area contributed by atoms with Gasteiger partial charge < -0.3 is 10.2 Å². The van der Waals surface area contributed by atoms with Crippen LogP contribution in [0, 0.1) is 11.7 Å². The number of aromatic nitrogens is 2. The first-order valence-electron chi connectivity index (χ1n) is 7.92. The molecule has 0 saturated carbocycles. The Balaban J connectivity index is 1.72. The molecule has 1 amide bonds. The summed E-state index contributed by atoms with van der Waals surface area (Å²) in [5, 5.41) is 10.2. The third-order valence-corrected chi connectivity index (χ3v) is 4.25. The van der Waals surface area contributed by atoms with Crippen LogP contribution in [0.1, 0.15) is 23.3 Å². The highest BCUT2D eigenvalue weighted by molar-refractivity contribution is 5.93. The molecule has 2 aromatic rings. The molecule has 122 valence electrons. The van der Waals surface area contributed by atoms with Crippen molar-refractivity contribution in [1.82, 2.24) is 20.4 Å². The van der Waals surface area contributed by atoms with E-state index in [2.05, 4.69) is 15.5 Å². The number of hydrogen-bond donors (Lipinski definition) is 2. The molecular formula is C17H21FN4O. The van der Waals surface area contributed by atoms with Gasteiger partial charge in [0.05, 0.1) is 5.69 Å². The smallest absolute Gasteiger partial charge is 0.271 e. The molecule has 6 heteroatoms. The molecule has 0 radical (unpaired) electrons. The Morgan fingerprint density at radius 3 is 2.96 bits per heavy atom. The van der Waals surface area contributed by atoms with Gasteiger partial charge in [-0.2, -0.15) is 5.10 Å². The second kappa shape index (κ2) is 6.91. The van der Waals surface area contributed by atoms with Gasteiger partial charge in [-0.1, -0.05) is 0 Å². The van der Waals surface area contributed by atoms with Crippen molar-refractivity contribution in [2.45, 2.75) is 12.8 Å². The summed E-state index contributed by atoms with van der Waals surface area (Å²) in [6.45, 7) is 2.47. The van der Waals surface area contributed by atoms with Crippen LogP contribution in [0.25, 0.3) is 11.3 Å². The van der Waals surface area contributed by atoms with E-state index >= 15 is 0 Å². The highest BCUT2D eigenvalue weighted by Gasteiger charge is 2.25. The number of H-pyrrole nitrogens is 1. The summed E-state index contributed by atoms with van der Waals surface area (Å²) in [5.74, 6) is 0.188. The number of carbonyl (C=O) groups excluding carboxylic acids is 1. The highest BCUT2D eigenvalue weighted by Crippen LogP contribution is 2.21. The minimum absolute atomic E-state index is 0.0216. The van der Waals surface area contributed by atoms with Gasteiger partial charge in [0.25, 0.3) is 5.91 Å². The lowest BCUT2D eigenvalue weighted by molar-refractivity contribution is 0.0668. The Bertz CT molecular complexity index is 665. The van der Waals surface area contributed by atoms with Crippen LogP contribution in [-0.4, -0.2) is 47.7 Å². The molecule has 1 atom stereocenters. The molecule has 0 spiro atoms. The summed E-state index contributed by atoms with van der Waals surface area (Å²) >= 11 is 0. The van der Waals surface area contributed by atoms with Gasteiger partial charge in [-0.3, -0.25) is 9.89 Å². The van der Waals surface area contributed by atoms with E-state index < -0.39 is 0 Å². The lowest BCUT2D eigenvalue weighted by atomic mass is 9.98. The molecule has 1 aliphatic rings. The molecule has 1 aromatic carbocycles. The van der Waals surface area contributed by atoms with Gasteiger partial charge in [-0.05, 0) is 62.7 Å². The Hall–Kier alpha value is -2.21. The molecule has 1 fully saturated rings. The van der Waals surface area contributed by atoms with Crippen molar-refractivity contribution in [1.29, 1.82) is 0 Å². The zero-order valence-corrected chi connectivity index (χ0v) is 13.2. The van der Waals surface area contributed by atoms with Crippen LogP contribution >= 0.6 is 0 Å². The van der Waals surface area contributed by atoms with Crippen molar-refractivity contribution in [3.8, 4) is 11.3 Å². The molecule has 1 saturated heterocycles. The van der Waals surface area contributed by atoms with Crippen molar-refractivity contribution >= 4 is 5.91 Å². The van der Waals surface area contributed by atoms with Gasteiger partial charge in [-0.25, -0.2) is 4.39 Å². The fourth-order valence-corrected chi connectivity index (χ4v) is 3.07. The number of hydrogen-bond acceptors (Lipinski definition) is 3. The monoisotopic (exact) mass is 316 g/mol. The van der Waals surface area contributed by atoms with Crippen LogP contribution in [0.5, 0.6) is 0 Å². The lowest BCUT2D eigenvalue weighted by Gasteiger charge is -2.32. The van der Waals surface area contributed by atoms with Crippen molar-refractivity contribution < 1.29 is 9.18 Å². The number of rotatable bonds is 4. The second-order valence-corrected chi connectivity index (χ2v) is 5.99. The molecule has 2 N–H and O–H groups in total. The first-order chi connectivity index (χ1) is 11.2. The molecule has 0 aliphatic carbocycles. The number of likely N-dealkylation sites (tertiary alicyclic amines) is 1. The van der Waals surface area contributed by atoms with Gasteiger partial charge in [-0.15, -0.1) is 0 Å². The summed E-state index contributed by atoms with van der Waals surface area (Å²) in [4.78, 5) is 14.5. The number of nitrogens with zero attached hydrogens (tertiary/aromatic N) is 2. The number of carbonyl (C=O) groups is 1. The summed E-state index contributed by atoms with van der Waals surface area (Å²) in [6.07, 6.45) is 2.17. The molecule has 23 heavy (non-hydrogen) atoms. The maximum absolute atomic E-state index is 13.0. The first kappa shape index (κ1) is 15.7. The number of halogens is 1. The minimum atomic E-state index is -0.288. The van der Waals surface area contributed by atoms with E-state index in [4.69, 9.17) is 0 Å². The van der Waals surface area contributed by atoms with Crippen LogP contribution in [0.3, 0.4) is 0 Å². The van der Waals surface area contributed by atoms with E-state index in [1.54, 1.807) is 18.2 Å². The largest absolute Gasteiger partial charge is 0.337 e. The normalized spacial score (nSPS) is 18.2. The number of nitrogens with one attached hydrogen (secondary N) is 2. The maximum Gasteiger partial charge on any atom is 0.271 e. The number of piperidine rings is 1. The Labute approximate surface area is 134 Å². The zero-order chi connectivity index (χ0) is 16.2. The number of amides is 1. The highest BCUT2D eigenvalue weighted by atomic mass is 19.1. The third-order valence-electron chi connectivity index (χ3n) is 4.25. The number of benzene rings is 1. The van der Waals surface area contributed by atoms with E-state index in [0.29, 0.717) is 17.3 Å². The quantitative estimate of drug-likeness (QED) is 0.910. The first-order valence-corrected chi connectivity index (χ1v) is 7.92. The van der Waals surface area contributed by atoms with E-state index in [-0.39, 0.29) is 11.7 Å². The molecular weight excluding hydrogens is 295 g/mol. The van der Waals surface area contributed by atoms with Crippen LogP contribution in [-0.2, 0) is 0 Å².